The van der Waals surface area contributed by atoms with Gasteiger partial charge in [-0.15, -0.1) is 0 Å². The van der Waals surface area contributed by atoms with Gasteiger partial charge in [-0.2, -0.15) is 4.98 Å². The molecule has 0 aliphatic heterocycles. The van der Waals surface area contributed by atoms with E-state index in [1.165, 1.54) is 6.42 Å². The second-order valence-corrected chi connectivity index (χ2v) is 4.56. The molecule has 2 N–H and O–H groups in total. The van der Waals surface area contributed by atoms with Crippen molar-refractivity contribution in [3.05, 3.63) is 17.7 Å². The Morgan fingerprint density at radius 2 is 2.00 bits per heavy atom. The molecule has 0 amide bonds. The average molecular weight is 242 g/mol. The van der Waals surface area contributed by atoms with Crippen LogP contribution >= 0.6 is 0 Å². The maximum Gasteiger partial charge on any atom is 0.252 e. The fraction of sp³-hybridized carbons (Fsp3) is 0.583. The summed E-state index contributed by atoms with van der Waals surface area (Å²) in [6.45, 7) is 2.06. The van der Waals surface area contributed by atoms with Crippen molar-refractivity contribution in [3.8, 4) is 5.88 Å². The summed E-state index contributed by atoms with van der Waals surface area (Å²) in [4.78, 5) is 3.61. The number of nitrogens with two attached hydrogens (primary N) is 1. The van der Waals surface area contributed by atoms with Crippen molar-refractivity contribution in [2.24, 2.45) is 5.92 Å². The van der Waals surface area contributed by atoms with Gasteiger partial charge in [0, 0.05) is 6.07 Å². The number of halogens is 2. The van der Waals surface area contributed by atoms with Crippen LogP contribution in [-0.2, 0) is 0 Å². The number of hydrogen-bond donors (Lipinski definition) is 1. The Hall–Kier alpha value is -1.39. The van der Waals surface area contributed by atoms with Crippen molar-refractivity contribution in [1.29, 1.82) is 0 Å². The van der Waals surface area contributed by atoms with Crippen molar-refractivity contribution >= 4 is 5.82 Å². The fourth-order valence-corrected chi connectivity index (χ4v) is 2.15. The average Bonchev–Trinajstić information content (AvgIpc) is 2.29. The molecule has 17 heavy (non-hydrogen) atoms. The highest BCUT2D eigenvalue weighted by Crippen LogP contribution is 2.29. The topological polar surface area (TPSA) is 48.1 Å². The fourth-order valence-electron chi connectivity index (χ4n) is 2.15. The Kier molecular flexibility index (Phi) is 3.45. The molecule has 94 valence electrons. The molecule has 3 nitrogen and oxygen atoms in total. The van der Waals surface area contributed by atoms with Crippen LogP contribution in [0.5, 0.6) is 5.88 Å². The minimum absolute atomic E-state index is 0.0596. The van der Waals surface area contributed by atoms with Crippen molar-refractivity contribution in [1.82, 2.24) is 4.98 Å². The number of aromatic nitrogens is 1. The van der Waals surface area contributed by atoms with E-state index in [9.17, 15) is 8.78 Å². The molecular formula is C12H16F2N2O. The minimum atomic E-state index is -0.855. The molecule has 1 aliphatic rings. The quantitative estimate of drug-likeness (QED) is 0.867. The largest absolute Gasteiger partial charge is 0.472 e. The van der Waals surface area contributed by atoms with Gasteiger partial charge in [-0.3, -0.25) is 0 Å². The second-order valence-electron chi connectivity index (χ2n) is 4.56. The van der Waals surface area contributed by atoms with Gasteiger partial charge in [0.1, 0.15) is 6.10 Å². The molecule has 0 radical (unpaired) electrons. The highest BCUT2D eigenvalue weighted by molar-refractivity contribution is 5.34. The van der Waals surface area contributed by atoms with Gasteiger partial charge in [-0.05, 0) is 25.2 Å². The van der Waals surface area contributed by atoms with Crippen LogP contribution in [0.2, 0.25) is 0 Å². The van der Waals surface area contributed by atoms with Crippen molar-refractivity contribution in [3.63, 3.8) is 0 Å². The first kappa shape index (κ1) is 12.1. The summed E-state index contributed by atoms with van der Waals surface area (Å²) in [5.41, 5.74) is 5.30. The highest BCUT2D eigenvalue weighted by Gasteiger charge is 2.25. The van der Waals surface area contributed by atoms with E-state index in [-0.39, 0.29) is 17.8 Å². The van der Waals surface area contributed by atoms with Crippen LogP contribution in [0.4, 0.5) is 14.6 Å². The van der Waals surface area contributed by atoms with Crippen LogP contribution < -0.4 is 10.5 Å². The first-order chi connectivity index (χ1) is 8.08. The smallest absolute Gasteiger partial charge is 0.252 e. The summed E-state index contributed by atoms with van der Waals surface area (Å²) >= 11 is 0. The summed E-state index contributed by atoms with van der Waals surface area (Å²) in [6, 6.07) is 0.713. The Balaban J connectivity index is 2.15. The number of ether oxygens (including phenoxy) is 1. The monoisotopic (exact) mass is 242 g/mol. The third-order valence-electron chi connectivity index (χ3n) is 3.22. The summed E-state index contributed by atoms with van der Waals surface area (Å²) in [5, 5.41) is 0. The summed E-state index contributed by atoms with van der Waals surface area (Å²) in [5.74, 6) is -1.82. The normalized spacial score (nSPS) is 24.6. The van der Waals surface area contributed by atoms with E-state index in [1.54, 1.807) is 0 Å². The Morgan fingerprint density at radius 3 is 2.71 bits per heavy atom. The SMILES string of the molecule is CC1CCCCC1Oc1nc(N)c(F)cc1F. The molecule has 0 spiro atoms. The third-order valence-corrected chi connectivity index (χ3v) is 3.22. The molecular weight excluding hydrogens is 226 g/mol. The van der Waals surface area contributed by atoms with Crippen LogP contribution in [0.15, 0.2) is 6.07 Å². The van der Waals surface area contributed by atoms with Crippen molar-refractivity contribution in [2.75, 3.05) is 5.73 Å². The number of hydrogen-bond acceptors (Lipinski definition) is 3. The molecule has 1 fully saturated rings. The van der Waals surface area contributed by atoms with Gasteiger partial charge in [0.2, 0.25) is 0 Å². The molecule has 1 aromatic rings. The molecule has 1 heterocycles. The number of rotatable bonds is 2. The first-order valence-electron chi connectivity index (χ1n) is 5.86. The van der Waals surface area contributed by atoms with Crippen LogP contribution in [-0.4, -0.2) is 11.1 Å². The molecule has 2 rings (SSSR count). The molecule has 1 saturated carbocycles. The molecule has 0 aromatic carbocycles. The predicted molar refractivity (Wildman–Crippen MR) is 60.6 cm³/mol. The lowest BCUT2D eigenvalue weighted by molar-refractivity contribution is 0.0927. The number of pyridine rings is 1. The van der Waals surface area contributed by atoms with Gasteiger partial charge in [0.25, 0.3) is 5.88 Å². The number of anilines is 1. The van der Waals surface area contributed by atoms with Crippen LogP contribution in [0.1, 0.15) is 32.6 Å². The van der Waals surface area contributed by atoms with E-state index >= 15 is 0 Å². The summed E-state index contributed by atoms with van der Waals surface area (Å²) < 4.78 is 31.9. The minimum Gasteiger partial charge on any atom is -0.472 e. The molecule has 0 saturated heterocycles. The zero-order valence-corrected chi connectivity index (χ0v) is 9.75. The third kappa shape index (κ3) is 2.65. The Labute approximate surface area is 99.0 Å². The van der Waals surface area contributed by atoms with E-state index in [1.807, 2.05) is 0 Å². The molecule has 5 heteroatoms. The molecule has 2 atom stereocenters. The highest BCUT2D eigenvalue weighted by atomic mass is 19.1. The Morgan fingerprint density at radius 1 is 1.29 bits per heavy atom. The standard InChI is InChI=1S/C12H16F2N2O/c1-7-4-2-3-5-10(7)17-12-9(14)6-8(13)11(15)16-12/h6-7,10H,2-5H2,1H3,(H2,15,16). The van der Waals surface area contributed by atoms with E-state index in [4.69, 9.17) is 10.5 Å². The van der Waals surface area contributed by atoms with E-state index < -0.39 is 11.6 Å². The first-order valence-corrected chi connectivity index (χ1v) is 5.86. The van der Waals surface area contributed by atoms with E-state index in [0.717, 1.165) is 19.3 Å². The summed E-state index contributed by atoms with van der Waals surface area (Å²) in [7, 11) is 0. The number of nitrogen functional groups attached to an aromatic ring is 1. The van der Waals surface area contributed by atoms with Crippen LogP contribution in [0.25, 0.3) is 0 Å². The molecule has 1 aromatic heterocycles. The van der Waals surface area contributed by atoms with E-state index in [2.05, 4.69) is 11.9 Å². The van der Waals surface area contributed by atoms with Crippen LogP contribution in [0.3, 0.4) is 0 Å². The van der Waals surface area contributed by atoms with Crippen LogP contribution in [0, 0.1) is 17.6 Å². The van der Waals surface area contributed by atoms with Gasteiger partial charge in [-0.1, -0.05) is 13.3 Å². The van der Waals surface area contributed by atoms with Gasteiger partial charge in [0.05, 0.1) is 0 Å². The van der Waals surface area contributed by atoms with Gasteiger partial charge in [0.15, 0.2) is 17.5 Å². The lowest BCUT2D eigenvalue weighted by atomic mass is 9.88. The van der Waals surface area contributed by atoms with E-state index in [0.29, 0.717) is 12.0 Å². The van der Waals surface area contributed by atoms with Crippen molar-refractivity contribution in [2.45, 2.75) is 38.7 Å². The molecule has 0 bridgehead atoms. The Bertz CT molecular complexity index is 412. The van der Waals surface area contributed by atoms with Gasteiger partial charge >= 0.3 is 0 Å². The predicted octanol–water partition coefficient (Wildman–Crippen LogP) is 2.90. The molecule has 2 unspecified atom stereocenters. The second kappa shape index (κ2) is 4.85. The molecule has 1 aliphatic carbocycles. The van der Waals surface area contributed by atoms with Gasteiger partial charge in [-0.25, -0.2) is 8.78 Å². The zero-order chi connectivity index (χ0) is 12.4. The lowest BCUT2D eigenvalue weighted by Crippen LogP contribution is -2.29. The maximum atomic E-state index is 13.4. The van der Waals surface area contributed by atoms with Gasteiger partial charge < -0.3 is 10.5 Å². The summed E-state index contributed by atoms with van der Waals surface area (Å²) in [6.07, 6.45) is 4.11. The maximum absolute atomic E-state index is 13.4. The number of nitrogens with zero attached hydrogens (tertiary/aromatic N) is 1. The lowest BCUT2D eigenvalue weighted by Gasteiger charge is -2.28. The van der Waals surface area contributed by atoms with Crippen molar-refractivity contribution < 1.29 is 13.5 Å². The zero-order valence-electron chi connectivity index (χ0n) is 9.75.